The van der Waals surface area contributed by atoms with Crippen molar-refractivity contribution in [3.8, 4) is 0 Å². The van der Waals surface area contributed by atoms with Crippen molar-refractivity contribution < 1.29 is 18.4 Å². The minimum Gasteiger partial charge on any atom is -0.289 e. The van der Waals surface area contributed by atoms with E-state index in [1.165, 1.54) is 17.6 Å². The van der Waals surface area contributed by atoms with Crippen molar-refractivity contribution in [2.45, 2.75) is 18.2 Å². The van der Waals surface area contributed by atoms with Crippen molar-refractivity contribution in [3.05, 3.63) is 28.7 Å². The predicted octanol–water partition coefficient (Wildman–Crippen LogP) is 1.26. The molecule has 1 rings (SSSR count). The minimum absolute atomic E-state index is 0.0410. The predicted molar refractivity (Wildman–Crippen MR) is 73.0 cm³/mol. The lowest BCUT2D eigenvalue weighted by molar-refractivity contribution is -0.130. The summed E-state index contributed by atoms with van der Waals surface area (Å²) in [7, 11) is -3.58. The van der Waals surface area contributed by atoms with Crippen molar-refractivity contribution in [2.24, 2.45) is 5.92 Å². The Labute approximate surface area is 120 Å². The third-order valence-electron chi connectivity index (χ3n) is 2.40. The van der Waals surface area contributed by atoms with Crippen LogP contribution in [0.3, 0.4) is 0 Å². The van der Waals surface area contributed by atoms with E-state index in [4.69, 9.17) is 5.21 Å². The Balaban J connectivity index is 2.61. The quantitative estimate of drug-likeness (QED) is 0.531. The van der Waals surface area contributed by atoms with Crippen molar-refractivity contribution in [2.75, 3.05) is 6.54 Å². The van der Waals surface area contributed by atoms with Gasteiger partial charge in [0, 0.05) is 17.4 Å². The highest BCUT2D eigenvalue weighted by molar-refractivity contribution is 9.10. The molecule has 0 spiro atoms. The lowest BCUT2D eigenvalue weighted by atomic mass is 10.1. The van der Waals surface area contributed by atoms with Crippen LogP contribution >= 0.6 is 15.9 Å². The number of halogens is 1. The van der Waals surface area contributed by atoms with Crippen LogP contribution in [0.15, 0.2) is 33.6 Å². The van der Waals surface area contributed by atoms with Gasteiger partial charge in [-0.05, 0) is 30.2 Å². The number of benzene rings is 1. The molecular formula is C11H15BrN2O4S. The summed E-state index contributed by atoms with van der Waals surface area (Å²) < 4.78 is 27.1. The third kappa shape index (κ3) is 5.27. The van der Waals surface area contributed by atoms with Crippen LogP contribution in [-0.2, 0) is 14.8 Å². The number of hydrogen-bond donors (Lipinski definition) is 3. The molecule has 1 amide bonds. The number of carbonyl (C=O) groups excluding carboxylic acids is 1. The number of rotatable bonds is 6. The van der Waals surface area contributed by atoms with Gasteiger partial charge in [-0.25, -0.2) is 18.6 Å². The van der Waals surface area contributed by atoms with Crippen LogP contribution in [0.2, 0.25) is 0 Å². The van der Waals surface area contributed by atoms with E-state index in [0.29, 0.717) is 0 Å². The molecule has 1 unspecified atom stereocenters. The van der Waals surface area contributed by atoms with E-state index < -0.39 is 15.9 Å². The van der Waals surface area contributed by atoms with Crippen LogP contribution < -0.4 is 10.2 Å². The molecule has 0 aliphatic rings. The Morgan fingerprint density at radius 2 is 1.95 bits per heavy atom. The number of carbonyl (C=O) groups is 1. The van der Waals surface area contributed by atoms with Crippen LogP contribution in [0.1, 0.15) is 13.3 Å². The Morgan fingerprint density at radius 1 is 1.37 bits per heavy atom. The zero-order valence-corrected chi connectivity index (χ0v) is 12.7. The molecule has 3 N–H and O–H groups in total. The highest BCUT2D eigenvalue weighted by atomic mass is 79.9. The molecule has 6 nitrogen and oxygen atoms in total. The summed E-state index contributed by atoms with van der Waals surface area (Å²) in [6.07, 6.45) is 0.0410. The van der Waals surface area contributed by atoms with E-state index in [0.717, 1.165) is 4.47 Å². The van der Waals surface area contributed by atoms with Gasteiger partial charge in [-0.1, -0.05) is 22.9 Å². The van der Waals surface area contributed by atoms with Gasteiger partial charge in [0.15, 0.2) is 0 Å². The number of nitrogens with one attached hydrogen (secondary N) is 2. The maximum atomic E-state index is 11.9. The second-order valence-corrected chi connectivity index (χ2v) is 6.83. The molecule has 19 heavy (non-hydrogen) atoms. The van der Waals surface area contributed by atoms with Crippen molar-refractivity contribution in [3.63, 3.8) is 0 Å². The van der Waals surface area contributed by atoms with Gasteiger partial charge < -0.3 is 0 Å². The molecule has 0 aliphatic carbocycles. The fraction of sp³-hybridized carbons (Fsp3) is 0.364. The highest BCUT2D eigenvalue weighted by Crippen LogP contribution is 2.14. The SMILES string of the molecule is CC(CNS(=O)(=O)c1ccc(Br)cc1)CC(=O)NO. The number of amides is 1. The molecule has 0 radical (unpaired) electrons. The van der Waals surface area contributed by atoms with E-state index in [9.17, 15) is 13.2 Å². The van der Waals surface area contributed by atoms with Gasteiger partial charge in [-0.2, -0.15) is 0 Å². The number of sulfonamides is 1. The zero-order valence-electron chi connectivity index (χ0n) is 10.3. The van der Waals surface area contributed by atoms with Crippen LogP contribution in [0, 0.1) is 5.92 Å². The molecule has 0 bridgehead atoms. The lowest BCUT2D eigenvalue weighted by Crippen LogP contribution is -2.31. The van der Waals surface area contributed by atoms with Crippen molar-refractivity contribution in [1.29, 1.82) is 0 Å². The molecule has 0 fully saturated rings. The Morgan fingerprint density at radius 3 is 2.47 bits per heavy atom. The molecule has 106 valence electrons. The fourth-order valence-corrected chi connectivity index (χ4v) is 2.81. The molecule has 0 aromatic heterocycles. The van der Waals surface area contributed by atoms with E-state index in [1.807, 2.05) is 0 Å². The third-order valence-corrected chi connectivity index (χ3v) is 4.37. The van der Waals surface area contributed by atoms with E-state index in [1.54, 1.807) is 19.1 Å². The lowest BCUT2D eigenvalue weighted by Gasteiger charge is -2.12. The Bertz CT molecular complexity index is 530. The Hall–Kier alpha value is -0.960. The molecular weight excluding hydrogens is 336 g/mol. The largest absolute Gasteiger partial charge is 0.289 e. The molecule has 0 saturated carbocycles. The summed E-state index contributed by atoms with van der Waals surface area (Å²) in [6.45, 7) is 1.82. The zero-order chi connectivity index (χ0) is 14.5. The summed E-state index contributed by atoms with van der Waals surface area (Å²) in [4.78, 5) is 11.1. The molecule has 1 aromatic rings. The van der Waals surface area contributed by atoms with Crippen LogP contribution in [0.4, 0.5) is 0 Å². The van der Waals surface area contributed by atoms with Crippen LogP contribution in [0.25, 0.3) is 0 Å². The second-order valence-electron chi connectivity index (χ2n) is 4.15. The summed E-state index contributed by atoms with van der Waals surface area (Å²) in [5, 5.41) is 8.37. The van der Waals surface area contributed by atoms with Crippen LogP contribution in [-0.4, -0.2) is 26.1 Å². The van der Waals surface area contributed by atoms with Gasteiger partial charge in [0.1, 0.15) is 0 Å². The first-order valence-corrected chi connectivity index (χ1v) is 7.81. The maximum Gasteiger partial charge on any atom is 0.243 e. The fourth-order valence-electron chi connectivity index (χ4n) is 1.38. The number of hydrogen-bond acceptors (Lipinski definition) is 4. The highest BCUT2D eigenvalue weighted by Gasteiger charge is 2.16. The molecule has 0 heterocycles. The van der Waals surface area contributed by atoms with Gasteiger partial charge in [0.2, 0.25) is 15.9 Å². The average Bonchev–Trinajstić information content (AvgIpc) is 2.37. The summed E-state index contributed by atoms with van der Waals surface area (Å²) >= 11 is 3.23. The van der Waals surface area contributed by atoms with Crippen molar-refractivity contribution >= 4 is 31.9 Å². The number of hydroxylamine groups is 1. The van der Waals surface area contributed by atoms with Gasteiger partial charge in [0.25, 0.3) is 0 Å². The first kappa shape index (κ1) is 16.1. The topological polar surface area (TPSA) is 95.5 Å². The average molecular weight is 351 g/mol. The smallest absolute Gasteiger partial charge is 0.243 e. The minimum atomic E-state index is -3.58. The maximum absolute atomic E-state index is 11.9. The monoisotopic (exact) mass is 350 g/mol. The summed E-state index contributed by atoms with van der Waals surface area (Å²) in [6, 6.07) is 6.24. The van der Waals surface area contributed by atoms with Gasteiger partial charge in [-0.3, -0.25) is 10.0 Å². The summed E-state index contributed by atoms with van der Waals surface area (Å²) in [5.74, 6) is -0.771. The second kappa shape index (κ2) is 6.99. The van der Waals surface area contributed by atoms with Crippen molar-refractivity contribution in [1.82, 2.24) is 10.2 Å². The van der Waals surface area contributed by atoms with E-state index >= 15 is 0 Å². The van der Waals surface area contributed by atoms with Gasteiger partial charge >= 0.3 is 0 Å². The molecule has 8 heteroatoms. The Kier molecular flexibility index (Phi) is 5.92. The summed E-state index contributed by atoms with van der Waals surface area (Å²) in [5.41, 5.74) is 1.51. The normalized spacial score (nSPS) is 13.0. The van der Waals surface area contributed by atoms with Gasteiger partial charge in [0.05, 0.1) is 4.90 Å². The van der Waals surface area contributed by atoms with Gasteiger partial charge in [-0.15, -0.1) is 0 Å². The molecule has 1 aromatic carbocycles. The standard InChI is InChI=1S/C11H15BrN2O4S/c1-8(6-11(15)14-16)7-13-19(17,18)10-4-2-9(12)3-5-10/h2-5,8,13,16H,6-7H2,1H3,(H,14,15). The van der Waals surface area contributed by atoms with E-state index in [-0.39, 0.29) is 23.8 Å². The van der Waals surface area contributed by atoms with E-state index in [2.05, 4.69) is 20.7 Å². The molecule has 1 atom stereocenters. The molecule has 0 saturated heterocycles. The first-order valence-electron chi connectivity index (χ1n) is 5.53. The molecule has 0 aliphatic heterocycles. The first-order chi connectivity index (χ1) is 8.85. The van der Waals surface area contributed by atoms with Crippen LogP contribution in [0.5, 0.6) is 0 Å².